The Morgan fingerprint density at radius 2 is 1.79 bits per heavy atom. The molecule has 0 saturated carbocycles. The van der Waals surface area contributed by atoms with Crippen LogP contribution in [0.5, 0.6) is 5.75 Å². The number of carbonyl (C=O) groups excluding carboxylic acids is 1. The predicted octanol–water partition coefficient (Wildman–Crippen LogP) is 4.41. The number of sulfonamides is 1. The number of amides is 1. The van der Waals surface area contributed by atoms with Gasteiger partial charge < -0.3 is 10.1 Å². The molecule has 0 spiro atoms. The molecular weight excluding hydrogens is 458 g/mol. The predicted molar refractivity (Wildman–Crippen MR) is 134 cm³/mol. The number of carbonyl (C=O) groups is 1. The molecule has 0 radical (unpaired) electrons. The summed E-state index contributed by atoms with van der Waals surface area (Å²) in [7, 11) is -3.49. The summed E-state index contributed by atoms with van der Waals surface area (Å²) in [5, 5.41) is 5.69. The van der Waals surface area contributed by atoms with Crippen molar-refractivity contribution in [3.8, 4) is 5.75 Å². The first-order valence-corrected chi connectivity index (χ1v) is 13.1. The zero-order valence-electron chi connectivity index (χ0n) is 19.0. The molecule has 2 N–H and O–H groups in total. The van der Waals surface area contributed by atoms with Crippen LogP contribution in [0.1, 0.15) is 49.9 Å². The fraction of sp³-hybridized carbons (Fsp3) is 0.417. The molecule has 2 aromatic carbocycles. The molecule has 2 aromatic rings. The van der Waals surface area contributed by atoms with Gasteiger partial charge in [0.15, 0.2) is 5.11 Å². The summed E-state index contributed by atoms with van der Waals surface area (Å²) >= 11 is 5.25. The summed E-state index contributed by atoms with van der Waals surface area (Å²) in [6.07, 6.45) is 3.77. The van der Waals surface area contributed by atoms with Gasteiger partial charge in [-0.2, -0.15) is 4.31 Å². The van der Waals surface area contributed by atoms with E-state index in [4.69, 9.17) is 17.0 Å². The highest BCUT2D eigenvalue weighted by molar-refractivity contribution is 7.89. The Labute approximate surface area is 201 Å². The average molecular weight is 490 g/mol. The highest BCUT2D eigenvalue weighted by Crippen LogP contribution is 2.22. The Hall–Kier alpha value is -2.49. The summed E-state index contributed by atoms with van der Waals surface area (Å²) < 4.78 is 32.8. The lowest BCUT2D eigenvalue weighted by molar-refractivity contribution is 0.0977. The van der Waals surface area contributed by atoms with Crippen molar-refractivity contribution in [1.82, 2.24) is 9.62 Å². The Morgan fingerprint density at radius 1 is 1.09 bits per heavy atom. The first kappa shape index (κ1) is 25.1. The number of ether oxygens (including phenoxy) is 1. The normalized spacial score (nSPS) is 14.6. The van der Waals surface area contributed by atoms with E-state index < -0.39 is 10.0 Å². The molecule has 3 rings (SSSR count). The number of thiocarbonyl (C=S) groups is 1. The van der Waals surface area contributed by atoms with Crippen LogP contribution in [0, 0.1) is 5.92 Å². The van der Waals surface area contributed by atoms with E-state index >= 15 is 0 Å². The smallest absolute Gasteiger partial charge is 0.257 e. The van der Waals surface area contributed by atoms with Gasteiger partial charge in [0.1, 0.15) is 5.75 Å². The third kappa shape index (κ3) is 7.25. The maximum Gasteiger partial charge on any atom is 0.257 e. The molecule has 1 aliphatic heterocycles. The van der Waals surface area contributed by atoms with Gasteiger partial charge in [0.25, 0.3) is 5.91 Å². The van der Waals surface area contributed by atoms with Gasteiger partial charge in [-0.15, -0.1) is 0 Å². The van der Waals surface area contributed by atoms with Gasteiger partial charge in [0.05, 0.1) is 11.5 Å². The summed E-state index contributed by atoms with van der Waals surface area (Å²) in [5.41, 5.74) is 1.02. The molecule has 0 unspecified atom stereocenters. The first-order valence-electron chi connectivity index (χ1n) is 11.2. The minimum atomic E-state index is -3.49. The number of hydrogen-bond acceptors (Lipinski definition) is 5. The molecule has 0 atom stereocenters. The van der Waals surface area contributed by atoms with Crippen LogP contribution in [0.3, 0.4) is 0 Å². The Kier molecular flexibility index (Phi) is 8.82. The van der Waals surface area contributed by atoms with Gasteiger partial charge in [-0.3, -0.25) is 10.1 Å². The largest absolute Gasteiger partial charge is 0.494 e. The fourth-order valence-corrected chi connectivity index (χ4v) is 5.17. The van der Waals surface area contributed by atoms with Crippen molar-refractivity contribution in [3.63, 3.8) is 0 Å². The van der Waals surface area contributed by atoms with Crippen LogP contribution in [0.15, 0.2) is 53.4 Å². The molecule has 1 saturated heterocycles. The number of anilines is 1. The Balaban J connectivity index is 1.55. The minimum Gasteiger partial charge on any atom is -0.494 e. The van der Waals surface area contributed by atoms with E-state index in [0.29, 0.717) is 42.6 Å². The quantitative estimate of drug-likeness (QED) is 0.534. The van der Waals surface area contributed by atoms with Gasteiger partial charge >= 0.3 is 0 Å². The summed E-state index contributed by atoms with van der Waals surface area (Å²) in [5.74, 6) is 0.817. The van der Waals surface area contributed by atoms with Crippen molar-refractivity contribution in [2.45, 2.75) is 44.4 Å². The minimum absolute atomic E-state index is 0.123. The van der Waals surface area contributed by atoms with Crippen LogP contribution < -0.4 is 15.4 Å². The lowest BCUT2D eigenvalue weighted by Gasteiger charge is -2.25. The summed E-state index contributed by atoms with van der Waals surface area (Å²) in [4.78, 5) is 12.8. The lowest BCUT2D eigenvalue weighted by Crippen LogP contribution is -2.35. The number of nitrogens with zero attached hydrogens (tertiary/aromatic N) is 1. The molecule has 178 valence electrons. The van der Waals surface area contributed by atoms with E-state index in [1.807, 2.05) is 6.07 Å². The fourth-order valence-electron chi connectivity index (χ4n) is 3.44. The molecule has 1 fully saturated rings. The van der Waals surface area contributed by atoms with Gasteiger partial charge in [0.2, 0.25) is 10.0 Å². The summed E-state index contributed by atoms with van der Waals surface area (Å²) in [6, 6.07) is 13.3. The van der Waals surface area contributed by atoms with Gasteiger partial charge in [-0.25, -0.2) is 8.42 Å². The third-order valence-corrected chi connectivity index (χ3v) is 7.47. The number of nitrogens with one attached hydrogen (secondary N) is 2. The molecule has 1 heterocycles. The van der Waals surface area contributed by atoms with E-state index in [9.17, 15) is 13.2 Å². The second-order valence-corrected chi connectivity index (χ2v) is 10.8. The van der Waals surface area contributed by atoms with E-state index in [2.05, 4.69) is 24.5 Å². The third-order valence-electron chi connectivity index (χ3n) is 5.35. The van der Waals surface area contributed by atoms with E-state index in [-0.39, 0.29) is 15.9 Å². The average Bonchev–Trinajstić information content (AvgIpc) is 2.80. The standard InChI is InChI=1S/C24H31N3O4S2/c1-18(2)13-16-31-21-8-6-7-19(17-21)23(28)26-24(32)25-20-9-11-22(12-10-20)33(29,30)27-14-4-3-5-15-27/h6-12,17-18H,3-5,13-16H2,1-2H3,(H2,25,26,28,32). The second-order valence-electron chi connectivity index (χ2n) is 8.46. The number of piperidine rings is 1. The molecule has 0 bridgehead atoms. The Bertz CT molecular complexity index is 1060. The van der Waals surface area contributed by atoms with Crippen LogP contribution in [-0.4, -0.2) is 43.4 Å². The van der Waals surface area contributed by atoms with Crippen LogP contribution in [0.2, 0.25) is 0 Å². The molecule has 1 amide bonds. The second kappa shape index (κ2) is 11.6. The van der Waals surface area contributed by atoms with E-state index in [0.717, 1.165) is 25.7 Å². The zero-order valence-corrected chi connectivity index (χ0v) is 20.7. The molecule has 0 aliphatic carbocycles. The van der Waals surface area contributed by atoms with Crippen LogP contribution >= 0.6 is 12.2 Å². The van der Waals surface area contributed by atoms with Crippen LogP contribution in [-0.2, 0) is 10.0 Å². The highest BCUT2D eigenvalue weighted by Gasteiger charge is 2.25. The van der Waals surface area contributed by atoms with Crippen molar-refractivity contribution in [1.29, 1.82) is 0 Å². The number of hydrogen-bond donors (Lipinski definition) is 2. The van der Waals surface area contributed by atoms with Gasteiger partial charge in [-0.05, 0) is 79.9 Å². The van der Waals surface area contributed by atoms with E-state index in [1.165, 1.54) is 4.31 Å². The van der Waals surface area contributed by atoms with Crippen molar-refractivity contribution in [3.05, 3.63) is 54.1 Å². The number of benzene rings is 2. The lowest BCUT2D eigenvalue weighted by atomic mass is 10.1. The van der Waals surface area contributed by atoms with Gasteiger partial charge in [0, 0.05) is 24.3 Å². The molecule has 1 aliphatic rings. The SMILES string of the molecule is CC(C)CCOc1cccc(C(=O)NC(=S)Nc2ccc(S(=O)(=O)N3CCCCC3)cc2)c1. The van der Waals surface area contributed by atoms with Crippen molar-refractivity contribution in [2.75, 3.05) is 25.0 Å². The van der Waals surface area contributed by atoms with Crippen LogP contribution in [0.25, 0.3) is 0 Å². The topological polar surface area (TPSA) is 87.7 Å². The van der Waals surface area contributed by atoms with Crippen molar-refractivity contribution < 1.29 is 17.9 Å². The van der Waals surface area contributed by atoms with E-state index in [1.54, 1.807) is 42.5 Å². The Morgan fingerprint density at radius 3 is 2.45 bits per heavy atom. The number of rotatable bonds is 8. The van der Waals surface area contributed by atoms with Crippen molar-refractivity contribution in [2.24, 2.45) is 5.92 Å². The molecule has 9 heteroatoms. The molecule has 7 nitrogen and oxygen atoms in total. The monoisotopic (exact) mass is 489 g/mol. The first-order chi connectivity index (χ1) is 15.8. The summed E-state index contributed by atoms with van der Waals surface area (Å²) in [6.45, 7) is 5.96. The van der Waals surface area contributed by atoms with Crippen molar-refractivity contribution >= 4 is 38.9 Å². The molecule has 33 heavy (non-hydrogen) atoms. The maximum absolute atomic E-state index is 12.8. The van der Waals surface area contributed by atoms with Gasteiger partial charge in [-0.1, -0.05) is 26.3 Å². The molecule has 0 aromatic heterocycles. The molecular formula is C24H31N3O4S2. The van der Waals surface area contributed by atoms with Crippen LogP contribution in [0.4, 0.5) is 5.69 Å². The maximum atomic E-state index is 12.8. The zero-order chi connectivity index (χ0) is 23.8. The highest BCUT2D eigenvalue weighted by atomic mass is 32.2.